The standard InChI is InChI=1S/C19H30O3/c1-17-8-7-15-13(14(17)3-4-16(17)21)6-10-19(22)11-12(20)5-9-18(15,19)2/h12-15,20,22H,3-11H2,1-2H3/t12-,13+,14+,15+,17+,18-,19-/m1/s1. The van der Waals surface area contributed by atoms with Gasteiger partial charge in [-0.1, -0.05) is 13.8 Å². The summed E-state index contributed by atoms with van der Waals surface area (Å²) in [7, 11) is 0. The lowest BCUT2D eigenvalue weighted by Crippen LogP contribution is -2.62. The lowest BCUT2D eigenvalue weighted by atomic mass is 9.43. The number of ketones is 1. The maximum atomic E-state index is 12.4. The van der Waals surface area contributed by atoms with Crippen LogP contribution < -0.4 is 0 Å². The van der Waals surface area contributed by atoms with E-state index in [-0.39, 0.29) is 16.9 Å². The van der Waals surface area contributed by atoms with E-state index in [2.05, 4.69) is 13.8 Å². The van der Waals surface area contributed by atoms with E-state index in [1.54, 1.807) is 0 Å². The Kier molecular flexibility index (Phi) is 3.14. The van der Waals surface area contributed by atoms with Crippen LogP contribution >= 0.6 is 0 Å². The van der Waals surface area contributed by atoms with E-state index in [4.69, 9.17) is 0 Å². The van der Waals surface area contributed by atoms with E-state index in [1.165, 1.54) is 0 Å². The number of hydrogen-bond acceptors (Lipinski definition) is 3. The third-order valence-electron chi connectivity index (χ3n) is 8.49. The molecule has 0 spiro atoms. The summed E-state index contributed by atoms with van der Waals surface area (Å²) in [6.45, 7) is 4.48. The van der Waals surface area contributed by atoms with Crippen LogP contribution in [-0.4, -0.2) is 27.7 Å². The molecule has 0 aromatic rings. The highest BCUT2D eigenvalue weighted by atomic mass is 16.3. The van der Waals surface area contributed by atoms with Crippen LogP contribution in [-0.2, 0) is 4.79 Å². The third kappa shape index (κ3) is 1.73. The van der Waals surface area contributed by atoms with E-state index < -0.39 is 5.60 Å². The van der Waals surface area contributed by atoms with Crippen LogP contribution in [0.1, 0.15) is 71.6 Å². The molecule has 7 atom stereocenters. The maximum Gasteiger partial charge on any atom is 0.139 e. The molecule has 0 bridgehead atoms. The average Bonchev–Trinajstić information content (AvgIpc) is 2.76. The third-order valence-corrected chi connectivity index (χ3v) is 8.49. The monoisotopic (exact) mass is 306 g/mol. The van der Waals surface area contributed by atoms with Gasteiger partial charge in [-0.15, -0.1) is 0 Å². The van der Waals surface area contributed by atoms with Crippen molar-refractivity contribution in [1.29, 1.82) is 0 Å². The Balaban J connectivity index is 1.68. The maximum absolute atomic E-state index is 12.4. The topological polar surface area (TPSA) is 57.5 Å². The van der Waals surface area contributed by atoms with Crippen LogP contribution in [0.5, 0.6) is 0 Å². The highest BCUT2D eigenvalue weighted by Crippen LogP contribution is 2.66. The minimum atomic E-state index is -0.692. The molecule has 0 aliphatic heterocycles. The summed E-state index contributed by atoms with van der Waals surface area (Å²) in [4.78, 5) is 12.4. The van der Waals surface area contributed by atoms with E-state index in [0.717, 1.165) is 51.4 Å². The number of rotatable bonds is 0. The molecule has 4 fully saturated rings. The van der Waals surface area contributed by atoms with Crippen molar-refractivity contribution in [3.05, 3.63) is 0 Å². The van der Waals surface area contributed by atoms with Gasteiger partial charge in [-0.2, -0.15) is 0 Å². The second-order valence-electron chi connectivity index (χ2n) is 9.18. The highest BCUT2D eigenvalue weighted by molar-refractivity contribution is 5.87. The van der Waals surface area contributed by atoms with Gasteiger partial charge in [-0.25, -0.2) is 0 Å². The van der Waals surface area contributed by atoms with Crippen LogP contribution in [0, 0.1) is 28.6 Å². The molecular formula is C19H30O3. The van der Waals surface area contributed by atoms with Crippen molar-refractivity contribution in [2.75, 3.05) is 0 Å². The predicted octanol–water partition coefficient (Wildman–Crippen LogP) is 3.07. The first kappa shape index (κ1) is 15.1. The minimum Gasteiger partial charge on any atom is -0.393 e. The van der Waals surface area contributed by atoms with Gasteiger partial charge in [0, 0.05) is 18.3 Å². The summed E-state index contributed by atoms with van der Waals surface area (Å²) >= 11 is 0. The molecule has 4 rings (SSSR count). The van der Waals surface area contributed by atoms with E-state index in [9.17, 15) is 15.0 Å². The van der Waals surface area contributed by atoms with Crippen LogP contribution in [0.2, 0.25) is 0 Å². The minimum absolute atomic E-state index is 0.0673. The first-order valence-electron chi connectivity index (χ1n) is 9.24. The SMILES string of the molecule is C[C@]12CC[C@H]3[C@@H](CC[C@@]4(O)C[C@H](O)CC[C@]34C)[C@@H]1CCC2=O. The zero-order valence-electron chi connectivity index (χ0n) is 14.0. The van der Waals surface area contributed by atoms with Crippen LogP contribution in [0.15, 0.2) is 0 Å². The molecular weight excluding hydrogens is 276 g/mol. The summed E-state index contributed by atoms with van der Waals surface area (Å²) in [5.74, 6) is 2.15. The van der Waals surface area contributed by atoms with Gasteiger partial charge in [0.05, 0.1) is 11.7 Å². The summed E-state index contributed by atoms with van der Waals surface area (Å²) in [6.07, 6.45) is 7.73. The lowest BCUT2D eigenvalue weighted by molar-refractivity contribution is -0.217. The molecule has 3 heteroatoms. The molecule has 3 nitrogen and oxygen atoms in total. The first-order valence-corrected chi connectivity index (χ1v) is 9.24. The van der Waals surface area contributed by atoms with Gasteiger partial charge < -0.3 is 10.2 Å². The number of aliphatic hydroxyl groups is 2. The Morgan fingerprint density at radius 3 is 2.55 bits per heavy atom. The van der Waals surface area contributed by atoms with Crippen molar-refractivity contribution in [3.8, 4) is 0 Å². The fraction of sp³-hybridized carbons (Fsp3) is 0.947. The van der Waals surface area contributed by atoms with Gasteiger partial charge in [-0.05, 0) is 68.1 Å². The molecule has 0 aromatic heterocycles. The van der Waals surface area contributed by atoms with Crippen molar-refractivity contribution in [2.24, 2.45) is 28.6 Å². The molecule has 22 heavy (non-hydrogen) atoms. The van der Waals surface area contributed by atoms with Gasteiger partial charge in [0.15, 0.2) is 0 Å². The normalized spacial score (nSPS) is 57.9. The zero-order valence-corrected chi connectivity index (χ0v) is 14.0. The molecule has 0 saturated heterocycles. The Morgan fingerprint density at radius 2 is 1.77 bits per heavy atom. The van der Waals surface area contributed by atoms with E-state index in [1.807, 2.05) is 0 Å². The van der Waals surface area contributed by atoms with Crippen LogP contribution in [0.25, 0.3) is 0 Å². The van der Waals surface area contributed by atoms with Gasteiger partial charge in [-0.3, -0.25) is 4.79 Å². The van der Waals surface area contributed by atoms with E-state index in [0.29, 0.717) is 30.0 Å². The quantitative estimate of drug-likeness (QED) is 0.723. The first-order chi connectivity index (χ1) is 10.3. The van der Waals surface area contributed by atoms with Crippen molar-refractivity contribution >= 4 is 5.78 Å². The fourth-order valence-corrected chi connectivity index (χ4v) is 7.00. The highest BCUT2D eigenvalue weighted by Gasteiger charge is 2.64. The van der Waals surface area contributed by atoms with Crippen molar-refractivity contribution in [1.82, 2.24) is 0 Å². The van der Waals surface area contributed by atoms with Crippen molar-refractivity contribution in [3.63, 3.8) is 0 Å². The Morgan fingerprint density at radius 1 is 1.00 bits per heavy atom. The molecule has 2 N–H and O–H groups in total. The fourth-order valence-electron chi connectivity index (χ4n) is 7.00. The molecule has 0 unspecified atom stereocenters. The molecule has 0 heterocycles. The average molecular weight is 306 g/mol. The summed E-state index contributed by atoms with van der Waals surface area (Å²) in [5, 5.41) is 21.3. The number of carbonyl (C=O) groups excluding carboxylic acids is 1. The molecule has 0 radical (unpaired) electrons. The number of Topliss-reactive ketones (excluding diaryl/α,β-unsaturated/α-hetero) is 1. The summed E-state index contributed by atoms with van der Waals surface area (Å²) in [5.41, 5.74) is -0.842. The Bertz CT molecular complexity index is 503. The Labute approximate surface area is 133 Å². The molecule has 0 aromatic carbocycles. The van der Waals surface area contributed by atoms with Gasteiger partial charge in [0.1, 0.15) is 5.78 Å². The second kappa shape index (κ2) is 4.57. The molecule has 4 saturated carbocycles. The molecule has 124 valence electrons. The van der Waals surface area contributed by atoms with Crippen molar-refractivity contribution in [2.45, 2.75) is 83.3 Å². The summed E-state index contributed by atoms with van der Waals surface area (Å²) in [6, 6.07) is 0. The second-order valence-corrected chi connectivity index (χ2v) is 9.18. The molecule has 4 aliphatic rings. The van der Waals surface area contributed by atoms with Gasteiger partial charge >= 0.3 is 0 Å². The molecule has 0 amide bonds. The van der Waals surface area contributed by atoms with Crippen LogP contribution in [0.3, 0.4) is 0 Å². The lowest BCUT2D eigenvalue weighted by Gasteiger charge is -2.63. The number of aliphatic hydroxyl groups excluding tert-OH is 1. The Hall–Kier alpha value is -0.410. The predicted molar refractivity (Wildman–Crippen MR) is 84.2 cm³/mol. The smallest absolute Gasteiger partial charge is 0.139 e. The number of hydrogen-bond donors (Lipinski definition) is 2. The zero-order chi connectivity index (χ0) is 15.8. The van der Waals surface area contributed by atoms with Gasteiger partial charge in [0.25, 0.3) is 0 Å². The summed E-state index contributed by atoms with van der Waals surface area (Å²) < 4.78 is 0. The van der Waals surface area contributed by atoms with Crippen molar-refractivity contribution < 1.29 is 15.0 Å². The van der Waals surface area contributed by atoms with Crippen LogP contribution in [0.4, 0.5) is 0 Å². The van der Waals surface area contributed by atoms with Gasteiger partial charge in [0.2, 0.25) is 0 Å². The largest absolute Gasteiger partial charge is 0.393 e. The van der Waals surface area contributed by atoms with E-state index >= 15 is 0 Å². The number of fused-ring (bicyclic) bond motifs is 5. The number of carbonyl (C=O) groups is 1. The molecule has 4 aliphatic carbocycles.